The Balaban J connectivity index is 0.000000325. The minimum atomic E-state index is -5.08. The molecular weight excluding hydrogens is 265 g/mol. The molecule has 0 atom stereocenters. The fourth-order valence-electron chi connectivity index (χ4n) is 0.801. The van der Waals surface area contributed by atoms with Gasteiger partial charge in [0.1, 0.15) is 0 Å². The van der Waals surface area contributed by atoms with Gasteiger partial charge in [-0.05, 0) is 0 Å². The fourth-order valence-corrected chi connectivity index (χ4v) is 1.49. The van der Waals surface area contributed by atoms with Crippen molar-refractivity contribution in [2.24, 2.45) is 0 Å². The van der Waals surface area contributed by atoms with Crippen LogP contribution in [0.1, 0.15) is 0 Å². The van der Waals surface area contributed by atoms with E-state index in [-0.39, 0.29) is 6.04 Å². The van der Waals surface area contributed by atoms with Gasteiger partial charge in [0.2, 0.25) is 10.0 Å². The van der Waals surface area contributed by atoms with E-state index in [9.17, 15) is 21.6 Å². The van der Waals surface area contributed by atoms with Gasteiger partial charge in [-0.1, -0.05) is 0 Å². The van der Waals surface area contributed by atoms with Crippen molar-refractivity contribution in [3.05, 3.63) is 0 Å². The number of nitrogens with one attached hydrogen (secondary N) is 1. The highest BCUT2D eigenvalue weighted by atomic mass is 32.2. The molecule has 1 saturated heterocycles. The average molecular weight is 278 g/mol. The highest BCUT2D eigenvalue weighted by Gasteiger charge is 2.38. The third kappa shape index (κ3) is 5.84. The van der Waals surface area contributed by atoms with Crippen molar-refractivity contribution in [1.82, 2.24) is 9.62 Å². The van der Waals surface area contributed by atoms with E-state index >= 15 is 0 Å². The van der Waals surface area contributed by atoms with Gasteiger partial charge in [-0.15, -0.1) is 0 Å². The van der Waals surface area contributed by atoms with E-state index in [1.165, 1.54) is 10.6 Å². The van der Waals surface area contributed by atoms with Crippen LogP contribution in [0, 0.1) is 0 Å². The predicted octanol–water partition coefficient (Wildman–Crippen LogP) is -0.517. The number of hydrogen-bond acceptors (Lipinski definition) is 4. The minimum Gasteiger partial charge on any atom is -0.475 e. The molecule has 0 spiro atoms. The monoisotopic (exact) mass is 278 g/mol. The first-order valence-corrected chi connectivity index (χ1v) is 6.25. The van der Waals surface area contributed by atoms with Gasteiger partial charge in [-0.25, -0.2) is 13.2 Å². The third-order valence-electron chi connectivity index (χ3n) is 2.04. The van der Waals surface area contributed by atoms with Gasteiger partial charge < -0.3 is 10.4 Å². The molecule has 17 heavy (non-hydrogen) atoms. The number of likely N-dealkylation sites (N-methyl/N-ethyl adjacent to an activating group) is 1. The van der Waals surface area contributed by atoms with E-state index in [4.69, 9.17) is 9.90 Å². The van der Waals surface area contributed by atoms with Gasteiger partial charge in [-0.3, -0.25) is 0 Å². The van der Waals surface area contributed by atoms with Crippen molar-refractivity contribution < 1.29 is 31.5 Å². The van der Waals surface area contributed by atoms with Gasteiger partial charge in [0, 0.05) is 26.2 Å². The Morgan fingerprint density at radius 2 is 1.76 bits per heavy atom. The number of aliphatic carboxylic acids is 1. The molecule has 102 valence electrons. The topological polar surface area (TPSA) is 86.7 Å². The zero-order chi connectivity index (χ0) is 13.9. The number of sulfonamides is 1. The average Bonchev–Trinajstić information content (AvgIpc) is 1.97. The Hall–Kier alpha value is -0.870. The van der Waals surface area contributed by atoms with Crippen molar-refractivity contribution in [1.29, 1.82) is 0 Å². The van der Waals surface area contributed by atoms with Crippen LogP contribution in [0.25, 0.3) is 0 Å². The summed E-state index contributed by atoms with van der Waals surface area (Å²) in [5, 5.41) is 10.1. The molecule has 1 heterocycles. The van der Waals surface area contributed by atoms with Crippen molar-refractivity contribution in [3.63, 3.8) is 0 Å². The summed E-state index contributed by atoms with van der Waals surface area (Å²) in [6.45, 7) is 1.56. The quantitative estimate of drug-likeness (QED) is 0.710. The van der Waals surface area contributed by atoms with Gasteiger partial charge in [0.25, 0.3) is 0 Å². The number of carbonyl (C=O) groups is 1. The second kappa shape index (κ2) is 5.65. The van der Waals surface area contributed by atoms with Gasteiger partial charge in [0.05, 0.1) is 6.26 Å². The molecule has 0 bridgehead atoms. The zero-order valence-corrected chi connectivity index (χ0v) is 9.97. The molecule has 2 N–H and O–H groups in total. The van der Waals surface area contributed by atoms with E-state index in [1.54, 1.807) is 7.05 Å². The van der Waals surface area contributed by atoms with Crippen molar-refractivity contribution in [2.75, 3.05) is 26.4 Å². The number of carboxylic acid groups (broad SMARTS) is 1. The molecule has 0 aliphatic carbocycles. The second-order valence-electron chi connectivity index (χ2n) is 3.39. The molecular formula is C7H13F3N2O4S. The maximum Gasteiger partial charge on any atom is 0.490 e. The Morgan fingerprint density at radius 1 is 1.41 bits per heavy atom. The largest absolute Gasteiger partial charge is 0.490 e. The smallest absolute Gasteiger partial charge is 0.475 e. The van der Waals surface area contributed by atoms with Crippen LogP contribution in [0.3, 0.4) is 0 Å². The van der Waals surface area contributed by atoms with Crippen LogP contribution < -0.4 is 5.32 Å². The fraction of sp³-hybridized carbons (Fsp3) is 0.857. The third-order valence-corrected chi connectivity index (χ3v) is 3.38. The summed E-state index contributed by atoms with van der Waals surface area (Å²) in [7, 11) is -1.36. The van der Waals surface area contributed by atoms with E-state index in [0.29, 0.717) is 0 Å². The van der Waals surface area contributed by atoms with E-state index < -0.39 is 22.2 Å². The maximum absolute atomic E-state index is 10.9. The summed E-state index contributed by atoms with van der Waals surface area (Å²) in [4.78, 5) is 8.90. The molecule has 0 saturated carbocycles. The van der Waals surface area contributed by atoms with Crippen LogP contribution >= 0.6 is 0 Å². The Morgan fingerprint density at radius 3 is 1.82 bits per heavy atom. The van der Waals surface area contributed by atoms with E-state index in [0.717, 1.165) is 13.1 Å². The maximum atomic E-state index is 10.9. The molecule has 0 aromatic rings. The zero-order valence-electron chi connectivity index (χ0n) is 9.15. The van der Waals surface area contributed by atoms with Crippen molar-refractivity contribution in [3.8, 4) is 0 Å². The number of halogens is 3. The lowest BCUT2D eigenvalue weighted by Crippen LogP contribution is -2.57. The summed E-state index contributed by atoms with van der Waals surface area (Å²) in [5.41, 5.74) is 0. The lowest BCUT2D eigenvalue weighted by Gasteiger charge is -2.33. The summed E-state index contributed by atoms with van der Waals surface area (Å²) < 4.78 is 54.9. The molecule has 10 heteroatoms. The van der Waals surface area contributed by atoms with Gasteiger partial charge in [0.15, 0.2) is 0 Å². The number of carboxylic acids is 1. The normalized spacial score (nSPS) is 17.1. The van der Waals surface area contributed by atoms with Gasteiger partial charge in [-0.2, -0.15) is 17.5 Å². The van der Waals surface area contributed by atoms with Crippen LogP contribution in [0.2, 0.25) is 0 Å². The SMILES string of the molecule is CN(C1CNC1)S(C)(=O)=O.O=C(O)C(F)(F)F. The Kier molecular flexibility index (Phi) is 5.36. The molecule has 1 aliphatic rings. The summed E-state index contributed by atoms with van der Waals surface area (Å²) >= 11 is 0. The van der Waals surface area contributed by atoms with E-state index in [1.807, 2.05) is 0 Å². The first-order chi connectivity index (χ1) is 7.46. The molecule has 1 rings (SSSR count). The van der Waals surface area contributed by atoms with Crippen LogP contribution in [-0.4, -0.2) is 62.4 Å². The first-order valence-electron chi connectivity index (χ1n) is 4.40. The van der Waals surface area contributed by atoms with Crippen molar-refractivity contribution in [2.45, 2.75) is 12.2 Å². The molecule has 0 unspecified atom stereocenters. The lowest BCUT2D eigenvalue weighted by atomic mass is 10.2. The summed E-state index contributed by atoms with van der Waals surface area (Å²) in [5.74, 6) is -2.76. The summed E-state index contributed by atoms with van der Waals surface area (Å²) in [6, 6.07) is 0.176. The van der Waals surface area contributed by atoms with Crippen LogP contribution in [-0.2, 0) is 14.8 Å². The molecule has 0 aromatic carbocycles. The number of rotatable bonds is 2. The number of hydrogen-bond donors (Lipinski definition) is 2. The molecule has 0 radical (unpaired) electrons. The highest BCUT2D eigenvalue weighted by molar-refractivity contribution is 7.88. The Bertz CT molecular complexity index is 364. The summed E-state index contributed by atoms with van der Waals surface area (Å²) in [6.07, 6.45) is -3.86. The Labute approximate surface area is 96.5 Å². The van der Waals surface area contributed by atoms with Crippen LogP contribution in [0.15, 0.2) is 0 Å². The van der Waals surface area contributed by atoms with Crippen LogP contribution in [0.5, 0.6) is 0 Å². The molecule has 6 nitrogen and oxygen atoms in total. The molecule has 0 amide bonds. The molecule has 1 fully saturated rings. The second-order valence-corrected chi connectivity index (χ2v) is 5.44. The number of nitrogens with zero attached hydrogens (tertiary/aromatic N) is 1. The standard InChI is InChI=1S/C5H12N2O2S.C2HF3O2/c1-7(10(2,8)9)5-3-6-4-5;3-2(4,5)1(6)7/h5-6H,3-4H2,1-2H3;(H,6,7). The van der Waals surface area contributed by atoms with Gasteiger partial charge >= 0.3 is 12.1 Å². The molecule has 1 aliphatic heterocycles. The van der Waals surface area contributed by atoms with Crippen LogP contribution in [0.4, 0.5) is 13.2 Å². The first kappa shape index (κ1) is 16.1. The predicted molar refractivity (Wildman–Crippen MR) is 53.0 cm³/mol. The minimum absolute atomic E-state index is 0.176. The van der Waals surface area contributed by atoms with E-state index in [2.05, 4.69) is 5.32 Å². The number of alkyl halides is 3. The molecule has 0 aromatic heterocycles. The highest BCUT2D eigenvalue weighted by Crippen LogP contribution is 2.13. The lowest BCUT2D eigenvalue weighted by molar-refractivity contribution is -0.192. The van der Waals surface area contributed by atoms with Crippen molar-refractivity contribution >= 4 is 16.0 Å².